The molecule has 100 valence electrons. The third-order valence-corrected chi connectivity index (χ3v) is 3.16. The molecule has 3 heteroatoms. The van der Waals surface area contributed by atoms with Gasteiger partial charge in [0, 0.05) is 18.4 Å². The van der Waals surface area contributed by atoms with Crippen molar-refractivity contribution < 1.29 is 5.11 Å². The van der Waals surface area contributed by atoms with Crippen molar-refractivity contribution in [2.24, 2.45) is 0 Å². The minimum atomic E-state index is -0.476. The number of aryl methyl sites for hydroxylation is 1. The lowest BCUT2D eigenvalue weighted by molar-refractivity contribution is 0.199. The van der Waals surface area contributed by atoms with Crippen molar-refractivity contribution in [3.05, 3.63) is 53.7 Å². The molecule has 0 bridgehead atoms. The highest BCUT2D eigenvalue weighted by Crippen LogP contribution is 2.24. The first-order valence-corrected chi connectivity index (χ1v) is 6.60. The van der Waals surface area contributed by atoms with Crippen LogP contribution in [0.5, 0.6) is 0 Å². The number of aromatic nitrogens is 1. The molecule has 0 saturated carbocycles. The molecule has 0 spiro atoms. The molecule has 1 N–H and O–H groups in total. The molecule has 2 rings (SSSR count). The molecule has 0 unspecified atom stereocenters. The molecule has 0 radical (unpaired) electrons. The zero-order valence-electron chi connectivity index (χ0n) is 11.7. The average molecular weight is 256 g/mol. The van der Waals surface area contributed by atoms with Gasteiger partial charge in [-0.3, -0.25) is 0 Å². The third-order valence-electron chi connectivity index (χ3n) is 3.16. The predicted octanol–water partition coefficient (Wildman–Crippen LogP) is 3.60. The van der Waals surface area contributed by atoms with Crippen molar-refractivity contribution in [2.45, 2.75) is 26.9 Å². The van der Waals surface area contributed by atoms with Crippen LogP contribution in [0, 0.1) is 6.92 Å². The Bertz CT molecular complexity index is 535. The number of nitrogens with zero attached hydrogens (tertiary/aromatic N) is 2. The van der Waals surface area contributed by atoms with E-state index in [1.54, 1.807) is 13.1 Å². The normalized spacial score (nSPS) is 12.2. The van der Waals surface area contributed by atoms with Crippen molar-refractivity contribution in [2.75, 3.05) is 11.4 Å². The van der Waals surface area contributed by atoms with E-state index in [4.69, 9.17) is 0 Å². The summed E-state index contributed by atoms with van der Waals surface area (Å²) in [6.07, 6.45) is 1.26. The van der Waals surface area contributed by atoms with Crippen LogP contribution in [0.2, 0.25) is 0 Å². The van der Waals surface area contributed by atoms with E-state index in [-0.39, 0.29) is 0 Å². The van der Waals surface area contributed by atoms with Gasteiger partial charge in [-0.1, -0.05) is 18.2 Å². The summed E-state index contributed by atoms with van der Waals surface area (Å²) in [6.45, 7) is 6.78. The lowest BCUT2D eigenvalue weighted by atomic mass is 10.2. The van der Waals surface area contributed by atoms with Gasteiger partial charge in [0.25, 0.3) is 0 Å². The van der Waals surface area contributed by atoms with E-state index in [0.29, 0.717) is 0 Å². The second-order valence-electron chi connectivity index (χ2n) is 4.71. The zero-order valence-corrected chi connectivity index (χ0v) is 11.7. The Labute approximate surface area is 114 Å². The lowest BCUT2D eigenvalue weighted by Gasteiger charge is -2.22. The molecular formula is C16H20N2O. The van der Waals surface area contributed by atoms with E-state index < -0.39 is 6.10 Å². The van der Waals surface area contributed by atoms with Crippen LogP contribution in [-0.4, -0.2) is 16.6 Å². The smallest absolute Gasteiger partial charge is 0.132 e. The van der Waals surface area contributed by atoms with Crippen LogP contribution in [0.25, 0.3) is 0 Å². The van der Waals surface area contributed by atoms with Gasteiger partial charge >= 0.3 is 0 Å². The number of benzene rings is 1. The fourth-order valence-electron chi connectivity index (χ4n) is 2.08. The highest BCUT2D eigenvalue weighted by atomic mass is 16.3. The minimum absolute atomic E-state index is 0.476. The minimum Gasteiger partial charge on any atom is -0.389 e. The summed E-state index contributed by atoms with van der Waals surface area (Å²) in [5.41, 5.74) is 3.21. The molecule has 0 saturated heterocycles. The summed E-state index contributed by atoms with van der Waals surface area (Å²) >= 11 is 0. The summed E-state index contributed by atoms with van der Waals surface area (Å²) in [5, 5.41) is 9.51. The number of aliphatic hydroxyl groups excluding tert-OH is 1. The molecule has 0 fully saturated rings. The molecule has 0 amide bonds. The van der Waals surface area contributed by atoms with Crippen molar-refractivity contribution in [3.8, 4) is 0 Å². The van der Waals surface area contributed by atoms with E-state index in [2.05, 4.69) is 48.0 Å². The number of rotatable bonds is 4. The zero-order chi connectivity index (χ0) is 13.8. The first-order chi connectivity index (χ1) is 9.11. The van der Waals surface area contributed by atoms with E-state index >= 15 is 0 Å². The number of hydrogen-bond donors (Lipinski definition) is 1. The van der Waals surface area contributed by atoms with Crippen LogP contribution in [0.1, 0.15) is 31.1 Å². The van der Waals surface area contributed by atoms with E-state index in [0.717, 1.165) is 23.6 Å². The molecular weight excluding hydrogens is 236 g/mol. The average Bonchev–Trinajstić information content (AvgIpc) is 2.40. The third kappa shape index (κ3) is 3.12. The first-order valence-electron chi connectivity index (χ1n) is 6.60. The van der Waals surface area contributed by atoms with Crippen molar-refractivity contribution in [3.63, 3.8) is 0 Å². The topological polar surface area (TPSA) is 36.4 Å². The van der Waals surface area contributed by atoms with Crippen LogP contribution in [0.3, 0.4) is 0 Å². The number of pyridine rings is 1. The summed E-state index contributed by atoms with van der Waals surface area (Å²) in [4.78, 5) is 6.59. The van der Waals surface area contributed by atoms with E-state index in [1.165, 1.54) is 5.56 Å². The maximum atomic E-state index is 9.51. The highest BCUT2D eigenvalue weighted by Gasteiger charge is 2.09. The maximum Gasteiger partial charge on any atom is 0.132 e. The van der Waals surface area contributed by atoms with Crippen LogP contribution in [-0.2, 0) is 0 Å². The van der Waals surface area contributed by atoms with Gasteiger partial charge in [-0.25, -0.2) is 4.98 Å². The molecule has 1 atom stereocenters. The van der Waals surface area contributed by atoms with Crippen LogP contribution < -0.4 is 4.90 Å². The first kappa shape index (κ1) is 13.6. The molecule has 1 aromatic heterocycles. The van der Waals surface area contributed by atoms with Gasteiger partial charge in [0.15, 0.2) is 0 Å². The highest BCUT2D eigenvalue weighted by molar-refractivity contribution is 5.60. The summed E-state index contributed by atoms with van der Waals surface area (Å²) in [6, 6.07) is 12.2. The monoisotopic (exact) mass is 256 g/mol. The van der Waals surface area contributed by atoms with Gasteiger partial charge in [-0.05, 0) is 50.1 Å². The molecule has 2 aromatic rings. The summed E-state index contributed by atoms with van der Waals surface area (Å²) < 4.78 is 0. The van der Waals surface area contributed by atoms with Gasteiger partial charge in [0.2, 0.25) is 0 Å². The summed E-state index contributed by atoms with van der Waals surface area (Å²) in [7, 11) is 0. The van der Waals surface area contributed by atoms with Gasteiger partial charge in [-0.2, -0.15) is 0 Å². The van der Waals surface area contributed by atoms with Gasteiger partial charge in [0.05, 0.1) is 6.10 Å². The molecule has 0 aliphatic rings. The maximum absolute atomic E-state index is 9.51. The molecule has 0 aliphatic heterocycles. The molecule has 19 heavy (non-hydrogen) atoms. The SMILES string of the molecule is CCN(c1cccc(C)c1)c1ccc([C@H](C)O)cn1. The Morgan fingerprint density at radius 2 is 2.05 bits per heavy atom. The fourth-order valence-corrected chi connectivity index (χ4v) is 2.08. The van der Waals surface area contributed by atoms with Crippen molar-refractivity contribution in [1.29, 1.82) is 0 Å². The van der Waals surface area contributed by atoms with E-state index in [1.807, 2.05) is 12.1 Å². The summed E-state index contributed by atoms with van der Waals surface area (Å²) in [5.74, 6) is 0.900. The van der Waals surface area contributed by atoms with Crippen molar-refractivity contribution >= 4 is 11.5 Å². The largest absolute Gasteiger partial charge is 0.389 e. The standard InChI is InChI=1S/C16H20N2O/c1-4-18(15-7-5-6-12(2)10-15)16-9-8-14(11-17-16)13(3)19/h5-11,13,19H,4H2,1-3H3/t13-/m0/s1. The Balaban J connectivity index is 2.31. The van der Waals surface area contributed by atoms with Gasteiger partial charge in [-0.15, -0.1) is 0 Å². The van der Waals surface area contributed by atoms with Crippen molar-refractivity contribution in [1.82, 2.24) is 4.98 Å². The van der Waals surface area contributed by atoms with Gasteiger partial charge in [0.1, 0.15) is 5.82 Å². The molecule has 3 nitrogen and oxygen atoms in total. The Morgan fingerprint density at radius 3 is 2.58 bits per heavy atom. The lowest BCUT2D eigenvalue weighted by Crippen LogP contribution is -2.17. The quantitative estimate of drug-likeness (QED) is 0.908. The predicted molar refractivity (Wildman–Crippen MR) is 78.7 cm³/mol. The van der Waals surface area contributed by atoms with Gasteiger partial charge < -0.3 is 10.0 Å². The van der Waals surface area contributed by atoms with E-state index in [9.17, 15) is 5.11 Å². The Kier molecular flexibility index (Phi) is 4.17. The molecule has 1 aromatic carbocycles. The molecule has 1 heterocycles. The second-order valence-corrected chi connectivity index (χ2v) is 4.71. The molecule has 0 aliphatic carbocycles. The second kappa shape index (κ2) is 5.85. The Morgan fingerprint density at radius 1 is 1.26 bits per heavy atom. The number of aliphatic hydroxyl groups is 1. The van der Waals surface area contributed by atoms with Crippen LogP contribution in [0.4, 0.5) is 11.5 Å². The number of anilines is 2. The van der Waals surface area contributed by atoms with Crippen LogP contribution in [0.15, 0.2) is 42.6 Å². The number of hydrogen-bond acceptors (Lipinski definition) is 3. The van der Waals surface area contributed by atoms with Crippen LogP contribution >= 0.6 is 0 Å². The fraction of sp³-hybridized carbons (Fsp3) is 0.312. The Hall–Kier alpha value is -1.87.